The van der Waals surface area contributed by atoms with Crippen molar-refractivity contribution in [2.24, 2.45) is 5.92 Å². The number of hydrogen-bond acceptors (Lipinski definition) is 4. The summed E-state index contributed by atoms with van der Waals surface area (Å²) in [5.41, 5.74) is 0.787. The van der Waals surface area contributed by atoms with Gasteiger partial charge in [-0.05, 0) is 18.1 Å². The van der Waals surface area contributed by atoms with Crippen LogP contribution in [-0.4, -0.2) is 58.2 Å². The summed E-state index contributed by atoms with van der Waals surface area (Å²) in [4.78, 5) is 41.2. The van der Waals surface area contributed by atoms with E-state index in [-0.39, 0.29) is 23.6 Å². The van der Waals surface area contributed by atoms with Gasteiger partial charge in [-0.1, -0.05) is 26.0 Å². The van der Waals surface area contributed by atoms with E-state index in [2.05, 4.69) is 0 Å². The Bertz CT molecular complexity index is 618. The zero-order valence-corrected chi connectivity index (χ0v) is 14.1. The van der Waals surface area contributed by atoms with Crippen molar-refractivity contribution in [1.82, 2.24) is 9.80 Å². The van der Waals surface area contributed by atoms with E-state index in [1.54, 1.807) is 29.2 Å². The van der Waals surface area contributed by atoms with Crippen LogP contribution < -0.4 is 0 Å². The van der Waals surface area contributed by atoms with E-state index in [1.165, 1.54) is 4.90 Å². The van der Waals surface area contributed by atoms with Gasteiger partial charge in [-0.3, -0.25) is 19.3 Å². The van der Waals surface area contributed by atoms with Crippen LogP contribution in [0.25, 0.3) is 0 Å². The fraction of sp³-hybridized carbons (Fsp3) is 0.471. The molecule has 3 amide bonds. The second-order valence-corrected chi connectivity index (χ2v) is 7.38. The third-order valence-electron chi connectivity index (χ3n) is 4.31. The van der Waals surface area contributed by atoms with Crippen molar-refractivity contribution in [2.45, 2.75) is 19.9 Å². The predicted octanol–water partition coefficient (Wildman–Crippen LogP) is 1.88. The molecule has 1 aromatic rings. The highest BCUT2D eigenvalue weighted by Crippen LogP contribution is 2.28. The summed E-state index contributed by atoms with van der Waals surface area (Å²) in [6.07, 6.45) is 0. The van der Waals surface area contributed by atoms with Crippen LogP contribution in [0.5, 0.6) is 0 Å². The molecule has 1 saturated heterocycles. The maximum absolute atomic E-state index is 12.9. The molecule has 5 nitrogen and oxygen atoms in total. The highest BCUT2D eigenvalue weighted by atomic mass is 32.2. The van der Waals surface area contributed by atoms with Crippen LogP contribution in [0.2, 0.25) is 0 Å². The van der Waals surface area contributed by atoms with Gasteiger partial charge < -0.3 is 4.90 Å². The average Bonchev–Trinajstić information content (AvgIpc) is 2.81. The van der Waals surface area contributed by atoms with E-state index in [0.717, 1.165) is 11.5 Å². The standard InChI is InChI=1S/C17H20N2O3S/c1-11(2)14(17(22)18-7-9-23-10-8-18)19-15(20)12-5-3-4-6-13(12)16(19)21/h3-6,11,14H,7-10H2,1-2H3/t14-/m0/s1. The van der Waals surface area contributed by atoms with Gasteiger partial charge in [-0.2, -0.15) is 11.8 Å². The first-order valence-electron chi connectivity index (χ1n) is 7.86. The monoisotopic (exact) mass is 332 g/mol. The number of carbonyl (C=O) groups is 3. The van der Waals surface area contributed by atoms with Gasteiger partial charge in [0.25, 0.3) is 11.8 Å². The first-order chi connectivity index (χ1) is 11.0. The summed E-state index contributed by atoms with van der Waals surface area (Å²) < 4.78 is 0. The van der Waals surface area contributed by atoms with Crippen LogP contribution in [0, 0.1) is 5.92 Å². The summed E-state index contributed by atoms with van der Waals surface area (Å²) in [6.45, 7) is 5.11. The minimum Gasteiger partial charge on any atom is -0.339 e. The predicted molar refractivity (Wildman–Crippen MR) is 89.5 cm³/mol. The van der Waals surface area contributed by atoms with E-state index in [0.29, 0.717) is 24.2 Å². The number of imide groups is 1. The molecule has 2 aliphatic heterocycles. The number of hydrogen-bond donors (Lipinski definition) is 0. The van der Waals surface area contributed by atoms with Crippen LogP contribution >= 0.6 is 11.8 Å². The van der Waals surface area contributed by atoms with Gasteiger partial charge in [0.05, 0.1) is 11.1 Å². The molecule has 0 N–H and O–H groups in total. The SMILES string of the molecule is CC(C)[C@@H](C(=O)N1CCSCC1)N1C(=O)c2ccccc2C1=O. The molecule has 2 heterocycles. The van der Waals surface area contributed by atoms with Crippen molar-refractivity contribution in [3.63, 3.8) is 0 Å². The second kappa shape index (κ2) is 6.35. The van der Waals surface area contributed by atoms with Crippen molar-refractivity contribution in [3.8, 4) is 0 Å². The molecule has 0 spiro atoms. The van der Waals surface area contributed by atoms with Crippen molar-refractivity contribution >= 4 is 29.5 Å². The van der Waals surface area contributed by atoms with Gasteiger partial charge in [-0.15, -0.1) is 0 Å². The lowest BCUT2D eigenvalue weighted by Gasteiger charge is -2.35. The second-order valence-electron chi connectivity index (χ2n) is 6.15. The molecule has 3 rings (SSSR count). The fourth-order valence-electron chi connectivity index (χ4n) is 3.13. The maximum atomic E-state index is 12.9. The Morgan fingerprint density at radius 1 is 1.04 bits per heavy atom. The molecule has 6 heteroatoms. The highest BCUT2D eigenvalue weighted by molar-refractivity contribution is 7.99. The van der Waals surface area contributed by atoms with Crippen LogP contribution in [0.4, 0.5) is 0 Å². The Morgan fingerprint density at radius 2 is 1.57 bits per heavy atom. The highest BCUT2D eigenvalue weighted by Gasteiger charge is 2.45. The van der Waals surface area contributed by atoms with Crippen LogP contribution in [-0.2, 0) is 4.79 Å². The van der Waals surface area contributed by atoms with Crippen LogP contribution in [0.3, 0.4) is 0 Å². The smallest absolute Gasteiger partial charge is 0.262 e. The zero-order chi connectivity index (χ0) is 16.6. The number of benzene rings is 1. The molecule has 23 heavy (non-hydrogen) atoms. The molecule has 0 unspecified atom stereocenters. The number of carbonyl (C=O) groups excluding carboxylic acids is 3. The Balaban J connectivity index is 1.92. The first kappa shape index (κ1) is 16.1. The molecule has 1 aromatic carbocycles. The Hall–Kier alpha value is -1.82. The van der Waals surface area contributed by atoms with E-state index in [1.807, 2.05) is 25.6 Å². The van der Waals surface area contributed by atoms with Gasteiger partial charge in [0, 0.05) is 24.6 Å². The fourth-order valence-corrected chi connectivity index (χ4v) is 4.03. The lowest BCUT2D eigenvalue weighted by Crippen LogP contribution is -2.54. The molecule has 0 aliphatic carbocycles. The average molecular weight is 332 g/mol. The van der Waals surface area contributed by atoms with Gasteiger partial charge >= 0.3 is 0 Å². The minimum absolute atomic E-state index is 0.116. The summed E-state index contributed by atoms with van der Waals surface area (Å²) in [7, 11) is 0. The van der Waals surface area contributed by atoms with E-state index >= 15 is 0 Å². The van der Waals surface area contributed by atoms with Crippen molar-refractivity contribution in [3.05, 3.63) is 35.4 Å². The van der Waals surface area contributed by atoms with Crippen molar-refractivity contribution in [1.29, 1.82) is 0 Å². The van der Waals surface area contributed by atoms with E-state index < -0.39 is 6.04 Å². The largest absolute Gasteiger partial charge is 0.339 e. The summed E-state index contributed by atoms with van der Waals surface area (Å²) in [5, 5.41) is 0. The quantitative estimate of drug-likeness (QED) is 0.793. The molecule has 0 bridgehead atoms. The van der Waals surface area contributed by atoms with Gasteiger partial charge in [0.2, 0.25) is 5.91 Å². The number of rotatable bonds is 3. The number of nitrogens with zero attached hydrogens (tertiary/aromatic N) is 2. The number of fused-ring (bicyclic) bond motifs is 1. The van der Waals surface area contributed by atoms with Crippen molar-refractivity contribution in [2.75, 3.05) is 24.6 Å². The lowest BCUT2D eigenvalue weighted by atomic mass is 10.0. The Labute approximate surface area is 140 Å². The van der Waals surface area contributed by atoms with Gasteiger partial charge in [0.15, 0.2) is 0 Å². The third-order valence-corrected chi connectivity index (χ3v) is 5.25. The third kappa shape index (κ3) is 2.76. The lowest BCUT2D eigenvalue weighted by molar-refractivity contribution is -0.136. The minimum atomic E-state index is -0.731. The molecular weight excluding hydrogens is 312 g/mol. The van der Waals surface area contributed by atoms with Gasteiger partial charge in [-0.25, -0.2) is 0 Å². The van der Waals surface area contributed by atoms with E-state index in [9.17, 15) is 14.4 Å². The van der Waals surface area contributed by atoms with Crippen molar-refractivity contribution < 1.29 is 14.4 Å². The number of amides is 3. The molecule has 2 aliphatic rings. The molecular formula is C17H20N2O3S. The summed E-state index contributed by atoms with van der Waals surface area (Å²) in [5.74, 6) is 0.847. The van der Waals surface area contributed by atoms with Crippen LogP contribution in [0.15, 0.2) is 24.3 Å². The van der Waals surface area contributed by atoms with Crippen LogP contribution in [0.1, 0.15) is 34.6 Å². The number of thioether (sulfide) groups is 1. The Morgan fingerprint density at radius 3 is 2.04 bits per heavy atom. The molecule has 0 radical (unpaired) electrons. The summed E-state index contributed by atoms with van der Waals surface area (Å²) in [6, 6.07) is 6.04. The van der Waals surface area contributed by atoms with E-state index in [4.69, 9.17) is 0 Å². The Kier molecular flexibility index (Phi) is 4.43. The molecule has 0 aromatic heterocycles. The first-order valence-corrected chi connectivity index (χ1v) is 9.01. The zero-order valence-electron chi connectivity index (χ0n) is 13.3. The maximum Gasteiger partial charge on any atom is 0.262 e. The topological polar surface area (TPSA) is 57.7 Å². The summed E-state index contributed by atoms with van der Waals surface area (Å²) >= 11 is 1.82. The normalized spacial score (nSPS) is 19.3. The van der Waals surface area contributed by atoms with Gasteiger partial charge in [0.1, 0.15) is 6.04 Å². The molecule has 122 valence electrons. The molecule has 1 fully saturated rings. The molecule has 1 atom stereocenters. The molecule has 0 saturated carbocycles.